The Labute approximate surface area is 116 Å². The Bertz CT molecular complexity index is 573. The van der Waals surface area contributed by atoms with E-state index in [0.29, 0.717) is 0 Å². The number of aromatic nitrogens is 2. The third kappa shape index (κ3) is 3.07. The van der Waals surface area contributed by atoms with Crippen molar-refractivity contribution < 1.29 is 0 Å². The minimum absolute atomic E-state index is 1.12. The normalized spacial score (nSPS) is 12.3. The standard InChI is InChI=1S/C13H20N2SSi2/c1-17(2,3)14-15(16-14)18(4,5)12-11-13-9-7-6-8-10-13/h6-10H,1-5H3. The highest BCUT2D eigenvalue weighted by molar-refractivity contribution is 7.18. The third-order valence-electron chi connectivity index (χ3n) is 2.63. The predicted octanol–water partition coefficient (Wildman–Crippen LogP) is 3.68. The Morgan fingerprint density at radius 3 is 2.06 bits per heavy atom. The molecule has 96 valence electrons. The first-order valence-corrected chi connectivity index (χ1v) is 13.3. The molecular formula is C13H20N2SSi2. The SMILES string of the molecule is C[Si](C)(C)n1sn1[Si](C)(C)C#Cc1ccccc1. The van der Waals surface area contributed by atoms with Gasteiger partial charge in [0.05, 0.1) is 0 Å². The second-order valence-corrected chi connectivity index (χ2v) is 16.0. The molecule has 0 saturated heterocycles. The molecule has 2 aromatic rings. The van der Waals surface area contributed by atoms with Crippen molar-refractivity contribution in [3.8, 4) is 11.5 Å². The molecule has 0 N–H and O–H groups in total. The van der Waals surface area contributed by atoms with Crippen LogP contribution in [0.5, 0.6) is 0 Å². The van der Waals surface area contributed by atoms with E-state index in [1.807, 2.05) is 29.9 Å². The van der Waals surface area contributed by atoms with Crippen molar-refractivity contribution in [1.29, 1.82) is 0 Å². The van der Waals surface area contributed by atoms with Crippen molar-refractivity contribution >= 4 is 28.2 Å². The van der Waals surface area contributed by atoms with Crippen LogP contribution in [0.25, 0.3) is 0 Å². The topological polar surface area (TPSA) is 9.86 Å². The van der Waals surface area contributed by atoms with Gasteiger partial charge in [0.25, 0.3) is 8.24 Å². The maximum Gasteiger partial charge on any atom is 0.270 e. The van der Waals surface area contributed by atoms with E-state index in [9.17, 15) is 0 Å². The predicted molar refractivity (Wildman–Crippen MR) is 85.2 cm³/mol. The molecule has 1 heterocycles. The van der Waals surface area contributed by atoms with E-state index in [1.54, 1.807) is 0 Å². The molecule has 1 aromatic heterocycles. The first kappa shape index (κ1) is 13.5. The summed E-state index contributed by atoms with van der Waals surface area (Å²) in [5.74, 6) is 3.32. The first-order chi connectivity index (χ1) is 8.31. The molecule has 2 rings (SSSR count). The zero-order chi connectivity index (χ0) is 13.4. The average Bonchev–Trinajstić information content (AvgIpc) is 3.08. The fourth-order valence-electron chi connectivity index (χ4n) is 1.58. The van der Waals surface area contributed by atoms with Gasteiger partial charge in [0, 0.05) is 17.3 Å². The lowest BCUT2D eigenvalue weighted by atomic mass is 10.2. The van der Waals surface area contributed by atoms with E-state index >= 15 is 0 Å². The van der Waals surface area contributed by atoms with Crippen LogP contribution in [0.3, 0.4) is 0 Å². The molecular weight excluding hydrogens is 272 g/mol. The van der Waals surface area contributed by atoms with Gasteiger partial charge in [-0.3, -0.25) is 3.74 Å². The summed E-state index contributed by atoms with van der Waals surface area (Å²) in [6.45, 7) is 11.7. The summed E-state index contributed by atoms with van der Waals surface area (Å²) < 4.78 is 4.91. The highest BCUT2D eigenvalue weighted by Gasteiger charge is 2.35. The lowest BCUT2D eigenvalue weighted by molar-refractivity contribution is 1.05. The van der Waals surface area contributed by atoms with Gasteiger partial charge in [0.2, 0.25) is 0 Å². The Morgan fingerprint density at radius 1 is 0.944 bits per heavy atom. The van der Waals surface area contributed by atoms with Crippen LogP contribution < -0.4 is 0 Å². The molecule has 0 aliphatic rings. The lowest BCUT2D eigenvalue weighted by Gasteiger charge is -2.15. The maximum atomic E-state index is 3.51. The van der Waals surface area contributed by atoms with Gasteiger partial charge in [-0.2, -0.15) is 0 Å². The zero-order valence-electron chi connectivity index (χ0n) is 11.7. The average molecular weight is 293 g/mol. The van der Waals surface area contributed by atoms with Crippen LogP contribution in [0.4, 0.5) is 0 Å². The van der Waals surface area contributed by atoms with E-state index in [0.717, 1.165) is 5.56 Å². The monoisotopic (exact) mass is 292 g/mol. The third-order valence-corrected chi connectivity index (χ3v) is 10.4. The van der Waals surface area contributed by atoms with Crippen LogP contribution in [0, 0.1) is 11.5 Å². The van der Waals surface area contributed by atoms with Crippen molar-refractivity contribution in [2.75, 3.05) is 0 Å². The van der Waals surface area contributed by atoms with Gasteiger partial charge in [-0.15, -0.1) is 0 Å². The molecule has 2 nitrogen and oxygen atoms in total. The molecule has 0 saturated carbocycles. The van der Waals surface area contributed by atoms with Crippen molar-refractivity contribution in [2.45, 2.75) is 32.7 Å². The summed E-state index contributed by atoms with van der Waals surface area (Å²) in [5.41, 5.74) is 4.63. The molecule has 0 radical (unpaired) electrons. The van der Waals surface area contributed by atoms with Crippen molar-refractivity contribution in [3.05, 3.63) is 35.9 Å². The molecule has 0 atom stereocenters. The highest BCUT2D eigenvalue weighted by Crippen LogP contribution is 2.23. The fraction of sp³-hybridized carbons (Fsp3) is 0.385. The minimum Gasteiger partial charge on any atom is -0.256 e. The Hall–Kier alpha value is -0.966. The van der Waals surface area contributed by atoms with Crippen LogP contribution >= 0.6 is 11.7 Å². The van der Waals surface area contributed by atoms with Crippen LogP contribution in [-0.2, 0) is 0 Å². The van der Waals surface area contributed by atoms with Gasteiger partial charge in [0.15, 0.2) is 8.24 Å². The van der Waals surface area contributed by atoms with Gasteiger partial charge in [-0.1, -0.05) is 29.7 Å². The minimum atomic E-state index is -1.63. The molecule has 0 spiro atoms. The molecule has 5 heteroatoms. The van der Waals surface area contributed by atoms with Gasteiger partial charge < -0.3 is 0 Å². The van der Waals surface area contributed by atoms with Gasteiger partial charge >= 0.3 is 0 Å². The molecule has 0 aliphatic heterocycles. The molecule has 0 fully saturated rings. The highest BCUT2D eigenvalue weighted by atomic mass is 32.1. The second kappa shape index (κ2) is 4.61. The molecule has 1 aromatic carbocycles. The van der Waals surface area contributed by atoms with Crippen LogP contribution in [-0.4, -0.2) is 23.9 Å². The van der Waals surface area contributed by atoms with Crippen LogP contribution in [0.2, 0.25) is 32.7 Å². The largest absolute Gasteiger partial charge is 0.270 e. The summed E-state index contributed by atoms with van der Waals surface area (Å²) in [6.07, 6.45) is 0. The summed E-state index contributed by atoms with van der Waals surface area (Å²) in [4.78, 5) is 0. The van der Waals surface area contributed by atoms with Gasteiger partial charge in [-0.05, 0) is 44.9 Å². The van der Waals surface area contributed by atoms with E-state index < -0.39 is 16.5 Å². The first-order valence-electron chi connectivity index (χ1n) is 6.17. The smallest absolute Gasteiger partial charge is 0.256 e. The summed E-state index contributed by atoms with van der Waals surface area (Å²) in [6, 6.07) is 10.3. The van der Waals surface area contributed by atoms with Crippen LogP contribution in [0.15, 0.2) is 30.3 Å². The second-order valence-electron chi connectivity index (χ2n) is 5.97. The molecule has 0 bridgehead atoms. The van der Waals surface area contributed by atoms with Gasteiger partial charge in [0.1, 0.15) is 0 Å². The quantitative estimate of drug-likeness (QED) is 0.590. The lowest BCUT2D eigenvalue weighted by Crippen LogP contribution is -2.38. The zero-order valence-corrected chi connectivity index (χ0v) is 14.5. The van der Waals surface area contributed by atoms with Crippen molar-refractivity contribution in [2.24, 2.45) is 0 Å². The molecule has 0 amide bonds. The number of hydrogen-bond donors (Lipinski definition) is 0. The van der Waals surface area contributed by atoms with E-state index in [-0.39, 0.29) is 0 Å². The Kier molecular flexibility index (Phi) is 3.45. The van der Waals surface area contributed by atoms with Crippen molar-refractivity contribution in [3.63, 3.8) is 0 Å². The fourth-order valence-corrected chi connectivity index (χ4v) is 8.87. The van der Waals surface area contributed by atoms with E-state index in [1.165, 1.54) is 0 Å². The van der Waals surface area contributed by atoms with Crippen LogP contribution in [0.1, 0.15) is 5.56 Å². The summed E-state index contributed by atoms with van der Waals surface area (Å²) >= 11 is 1.87. The van der Waals surface area contributed by atoms with Crippen molar-refractivity contribution in [1.82, 2.24) is 7.47 Å². The van der Waals surface area contributed by atoms with Gasteiger partial charge in [-0.25, -0.2) is 3.74 Å². The Morgan fingerprint density at radius 2 is 1.56 bits per heavy atom. The number of nitrogens with zero attached hydrogens (tertiary/aromatic N) is 2. The summed E-state index contributed by atoms with van der Waals surface area (Å²) in [5, 5.41) is 0. The summed E-state index contributed by atoms with van der Waals surface area (Å²) in [7, 11) is -2.84. The maximum absolute atomic E-state index is 3.51. The molecule has 0 aliphatic carbocycles. The molecule has 18 heavy (non-hydrogen) atoms. The van der Waals surface area contributed by atoms with E-state index in [2.05, 4.69) is 63.8 Å². The van der Waals surface area contributed by atoms with E-state index in [4.69, 9.17) is 0 Å². The number of benzene rings is 1. The number of rotatable bonds is 2. The molecule has 0 unspecified atom stereocenters. The Balaban J connectivity index is 2.19. The number of hydrogen-bond acceptors (Lipinski definition) is 1.